The predicted molar refractivity (Wildman–Crippen MR) is 68.4 cm³/mol. The second-order valence-corrected chi connectivity index (χ2v) is 4.10. The van der Waals surface area contributed by atoms with Gasteiger partial charge in [-0.2, -0.15) is 0 Å². The molecular formula is C15H12F2O2. The summed E-state index contributed by atoms with van der Waals surface area (Å²) in [4.78, 5) is 11.5. The SMILES string of the molecule is COc1ccc(-c2ccc(F)cc2F)cc1C(C)=O. The Balaban J connectivity index is 2.57. The van der Waals surface area contributed by atoms with Gasteiger partial charge in [0, 0.05) is 11.6 Å². The monoisotopic (exact) mass is 262 g/mol. The lowest BCUT2D eigenvalue weighted by molar-refractivity contribution is 0.101. The standard InChI is InChI=1S/C15H12F2O2/c1-9(18)13-7-10(3-6-15(13)19-2)12-5-4-11(16)8-14(12)17/h3-8H,1-2H3. The molecule has 0 atom stereocenters. The van der Waals surface area contributed by atoms with Gasteiger partial charge >= 0.3 is 0 Å². The van der Waals surface area contributed by atoms with Gasteiger partial charge in [-0.25, -0.2) is 8.78 Å². The van der Waals surface area contributed by atoms with Crippen LogP contribution in [0, 0.1) is 11.6 Å². The molecule has 0 radical (unpaired) electrons. The summed E-state index contributed by atoms with van der Waals surface area (Å²) in [6, 6.07) is 8.09. The summed E-state index contributed by atoms with van der Waals surface area (Å²) >= 11 is 0. The van der Waals surface area contributed by atoms with Crippen molar-refractivity contribution in [2.45, 2.75) is 6.92 Å². The Kier molecular flexibility index (Phi) is 3.60. The van der Waals surface area contributed by atoms with E-state index in [1.807, 2.05) is 0 Å². The summed E-state index contributed by atoms with van der Waals surface area (Å²) in [5, 5.41) is 0. The summed E-state index contributed by atoms with van der Waals surface area (Å²) in [6.07, 6.45) is 0. The lowest BCUT2D eigenvalue weighted by Crippen LogP contribution is -1.98. The first-order valence-corrected chi connectivity index (χ1v) is 5.67. The van der Waals surface area contributed by atoms with E-state index in [2.05, 4.69) is 0 Å². The highest BCUT2D eigenvalue weighted by Gasteiger charge is 2.12. The molecule has 0 aliphatic carbocycles. The topological polar surface area (TPSA) is 26.3 Å². The van der Waals surface area contributed by atoms with Crippen LogP contribution in [0.5, 0.6) is 5.75 Å². The molecule has 2 aromatic carbocycles. The van der Waals surface area contributed by atoms with E-state index in [1.54, 1.807) is 12.1 Å². The molecule has 2 nitrogen and oxygen atoms in total. The summed E-state index contributed by atoms with van der Waals surface area (Å²) in [5.41, 5.74) is 1.11. The third kappa shape index (κ3) is 2.62. The largest absolute Gasteiger partial charge is 0.496 e. The summed E-state index contributed by atoms with van der Waals surface area (Å²) < 4.78 is 31.6. The Morgan fingerprint density at radius 1 is 1.11 bits per heavy atom. The Morgan fingerprint density at radius 2 is 1.84 bits per heavy atom. The van der Waals surface area contributed by atoms with E-state index in [-0.39, 0.29) is 11.3 Å². The number of ether oxygens (including phenoxy) is 1. The van der Waals surface area contributed by atoms with Crippen molar-refractivity contribution >= 4 is 5.78 Å². The lowest BCUT2D eigenvalue weighted by Gasteiger charge is -2.09. The van der Waals surface area contributed by atoms with Crippen LogP contribution in [0.1, 0.15) is 17.3 Å². The van der Waals surface area contributed by atoms with Gasteiger partial charge in [-0.1, -0.05) is 6.07 Å². The van der Waals surface area contributed by atoms with Crippen LogP contribution in [-0.2, 0) is 0 Å². The molecule has 0 N–H and O–H groups in total. The number of Topliss-reactive ketones (excluding diaryl/α,β-unsaturated/α-hetero) is 1. The minimum Gasteiger partial charge on any atom is -0.496 e. The fraction of sp³-hybridized carbons (Fsp3) is 0.133. The van der Waals surface area contributed by atoms with E-state index < -0.39 is 11.6 Å². The summed E-state index contributed by atoms with van der Waals surface area (Å²) in [7, 11) is 1.46. The number of carbonyl (C=O) groups excluding carboxylic acids is 1. The van der Waals surface area contributed by atoms with Crippen molar-refractivity contribution in [2.24, 2.45) is 0 Å². The van der Waals surface area contributed by atoms with E-state index in [1.165, 1.54) is 32.2 Å². The van der Waals surface area contributed by atoms with Gasteiger partial charge in [0.2, 0.25) is 0 Å². The minimum atomic E-state index is -0.667. The van der Waals surface area contributed by atoms with Gasteiger partial charge in [-0.05, 0) is 36.8 Å². The van der Waals surface area contributed by atoms with E-state index >= 15 is 0 Å². The van der Waals surface area contributed by atoms with Gasteiger partial charge in [0.1, 0.15) is 17.4 Å². The van der Waals surface area contributed by atoms with E-state index in [0.29, 0.717) is 16.9 Å². The van der Waals surface area contributed by atoms with Crippen molar-refractivity contribution in [3.63, 3.8) is 0 Å². The van der Waals surface area contributed by atoms with Crippen LogP contribution < -0.4 is 4.74 Å². The third-order valence-corrected chi connectivity index (χ3v) is 2.82. The molecule has 98 valence electrons. The van der Waals surface area contributed by atoms with Crippen LogP contribution >= 0.6 is 0 Å². The molecule has 0 aliphatic rings. The number of rotatable bonds is 3. The first-order valence-electron chi connectivity index (χ1n) is 5.67. The molecule has 2 rings (SSSR count). The Labute approximate surface area is 109 Å². The molecule has 0 aliphatic heterocycles. The molecule has 2 aromatic rings. The third-order valence-electron chi connectivity index (χ3n) is 2.82. The normalized spacial score (nSPS) is 10.3. The summed E-state index contributed by atoms with van der Waals surface area (Å²) in [6.45, 7) is 1.41. The Hall–Kier alpha value is -2.23. The number of ketones is 1. The number of hydrogen-bond donors (Lipinski definition) is 0. The van der Waals surface area contributed by atoms with Gasteiger partial charge in [0.15, 0.2) is 5.78 Å². The van der Waals surface area contributed by atoms with Crippen molar-refractivity contribution in [1.29, 1.82) is 0 Å². The number of hydrogen-bond acceptors (Lipinski definition) is 2. The van der Waals surface area contributed by atoms with Gasteiger partial charge in [0.25, 0.3) is 0 Å². The molecule has 0 aromatic heterocycles. The van der Waals surface area contributed by atoms with Crippen molar-refractivity contribution in [1.82, 2.24) is 0 Å². The van der Waals surface area contributed by atoms with Crippen molar-refractivity contribution in [3.8, 4) is 16.9 Å². The molecule has 0 spiro atoms. The molecule has 4 heteroatoms. The first-order chi connectivity index (χ1) is 9.02. The molecule has 0 saturated heterocycles. The Morgan fingerprint density at radius 3 is 2.42 bits per heavy atom. The van der Waals surface area contributed by atoms with Gasteiger partial charge in [-0.3, -0.25) is 4.79 Å². The van der Waals surface area contributed by atoms with Crippen LogP contribution in [0.3, 0.4) is 0 Å². The van der Waals surface area contributed by atoms with Gasteiger partial charge in [0.05, 0.1) is 12.7 Å². The predicted octanol–water partition coefficient (Wildman–Crippen LogP) is 3.84. The highest BCUT2D eigenvalue weighted by molar-refractivity contribution is 5.98. The second-order valence-electron chi connectivity index (χ2n) is 4.10. The highest BCUT2D eigenvalue weighted by atomic mass is 19.1. The maximum Gasteiger partial charge on any atom is 0.163 e. The molecule has 0 heterocycles. The molecule has 0 fully saturated rings. The fourth-order valence-electron chi connectivity index (χ4n) is 1.87. The van der Waals surface area contributed by atoms with Crippen LogP contribution in [0.2, 0.25) is 0 Å². The maximum absolute atomic E-state index is 13.7. The van der Waals surface area contributed by atoms with Gasteiger partial charge < -0.3 is 4.74 Å². The fourth-order valence-corrected chi connectivity index (χ4v) is 1.87. The van der Waals surface area contributed by atoms with Crippen molar-refractivity contribution in [3.05, 3.63) is 53.6 Å². The minimum absolute atomic E-state index is 0.179. The van der Waals surface area contributed by atoms with Crippen molar-refractivity contribution in [2.75, 3.05) is 7.11 Å². The molecule has 0 bridgehead atoms. The summed E-state index contributed by atoms with van der Waals surface area (Å²) in [5.74, 6) is -1.05. The average molecular weight is 262 g/mol. The Bertz CT molecular complexity index is 636. The number of benzene rings is 2. The van der Waals surface area contributed by atoms with Crippen LogP contribution in [0.25, 0.3) is 11.1 Å². The van der Waals surface area contributed by atoms with Crippen LogP contribution in [0.4, 0.5) is 8.78 Å². The molecule has 0 saturated carbocycles. The zero-order valence-electron chi connectivity index (χ0n) is 10.5. The maximum atomic E-state index is 13.7. The molecule has 0 amide bonds. The highest BCUT2D eigenvalue weighted by Crippen LogP contribution is 2.29. The van der Waals surface area contributed by atoms with Crippen molar-refractivity contribution < 1.29 is 18.3 Å². The number of methoxy groups -OCH3 is 1. The van der Waals surface area contributed by atoms with E-state index in [9.17, 15) is 13.6 Å². The second kappa shape index (κ2) is 5.18. The van der Waals surface area contributed by atoms with E-state index in [0.717, 1.165) is 6.07 Å². The van der Waals surface area contributed by atoms with Gasteiger partial charge in [-0.15, -0.1) is 0 Å². The van der Waals surface area contributed by atoms with Crippen LogP contribution in [-0.4, -0.2) is 12.9 Å². The smallest absolute Gasteiger partial charge is 0.163 e. The average Bonchev–Trinajstić information content (AvgIpc) is 2.38. The van der Waals surface area contributed by atoms with E-state index in [4.69, 9.17) is 4.74 Å². The lowest BCUT2D eigenvalue weighted by atomic mass is 10.0. The number of carbonyl (C=O) groups is 1. The zero-order chi connectivity index (χ0) is 14.0. The first kappa shape index (κ1) is 13.2. The molecule has 19 heavy (non-hydrogen) atoms. The number of halogens is 2. The molecule has 0 unspecified atom stereocenters. The molecular weight excluding hydrogens is 250 g/mol. The quantitative estimate of drug-likeness (QED) is 0.785. The van der Waals surface area contributed by atoms with Crippen LogP contribution in [0.15, 0.2) is 36.4 Å². The zero-order valence-corrected chi connectivity index (χ0v) is 10.5.